The second-order valence-electron chi connectivity index (χ2n) is 7.34. The van der Waals surface area contributed by atoms with E-state index < -0.39 is 15.3 Å². The van der Waals surface area contributed by atoms with Crippen molar-refractivity contribution in [2.75, 3.05) is 19.8 Å². The molecule has 152 valence electrons. The molecule has 28 heavy (non-hydrogen) atoms. The van der Waals surface area contributed by atoms with Crippen molar-refractivity contribution in [3.8, 4) is 16.9 Å². The summed E-state index contributed by atoms with van der Waals surface area (Å²) in [5, 5.41) is -0.465. The average Bonchev–Trinajstić information content (AvgIpc) is 2.69. The van der Waals surface area contributed by atoms with Crippen molar-refractivity contribution in [3.05, 3.63) is 54.1 Å². The molecule has 0 radical (unpaired) electrons. The van der Waals surface area contributed by atoms with Gasteiger partial charge in [0.2, 0.25) is 10.0 Å². The molecule has 1 aliphatic rings. The highest BCUT2D eigenvalue weighted by Crippen LogP contribution is 2.33. The van der Waals surface area contributed by atoms with Crippen LogP contribution >= 0.6 is 0 Å². The minimum atomic E-state index is -3.35. The third kappa shape index (κ3) is 4.74. The van der Waals surface area contributed by atoms with Gasteiger partial charge in [-0.15, -0.1) is 0 Å². The quantitative estimate of drug-likeness (QED) is 0.760. The number of ether oxygens (including phenoxy) is 2. The molecule has 1 fully saturated rings. The first-order chi connectivity index (χ1) is 13.4. The zero-order chi connectivity index (χ0) is 20.1. The predicted octanol–water partition coefficient (Wildman–Crippen LogP) is 3.95. The normalized spacial score (nSPS) is 20.3. The number of hydrogen-bond acceptors (Lipinski definition) is 4. The molecule has 0 aliphatic carbocycles. The van der Waals surface area contributed by atoms with Crippen LogP contribution in [0.4, 0.5) is 0 Å². The van der Waals surface area contributed by atoms with Crippen LogP contribution in [-0.4, -0.2) is 39.5 Å². The Labute approximate surface area is 168 Å². The summed E-state index contributed by atoms with van der Waals surface area (Å²) in [6.07, 6.45) is 0.792. The average molecular weight is 404 g/mol. The van der Waals surface area contributed by atoms with Crippen LogP contribution in [0.3, 0.4) is 0 Å². The van der Waals surface area contributed by atoms with Gasteiger partial charge in [0.05, 0.1) is 24.5 Å². The van der Waals surface area contributed by atoms with E-state index in [1.807, 2.05) is 31.2 Å². The molecule has 5 nitrogen and oxygen atoms in total. The first-order valence-corrected chi connectivity index (χ1v) is 11.4. The molecule has 2 aromatic carbocycles. The fourth-order valence-electron chi connectivity index (χ4n) is 3.50. The minimum Gasteiger partial charge on any atom is -0.493 e. The second-order valence-corrected chi connectivity index (χ2v) is 9.61. The van der Waals surface area contributed by atoms with Crippen molar-refractivity contribution in [2.24, 2.45) is 0 Å². The number of nitrogens with one attached hydrogen (secondary N) is 1. The van der Waals surface area contributed by atoms with Crippen molar-refractivity contribution in [3.63, 3.8) is 0 Å². The van der Waals surface area contributed by atoms with Crippen molar-refractivity contribution in [1.29, 1.82) is 0 Å². The van der Waals surface area contributed by atoms with Crippen LogP contribution in [0, 0.1) is 0 Å². The number of para-hydroxylation sites is 1. The highest BCUT2D eigenvalue weighted by molar-refractivity contribution is 7.90. The smallest absolute Gasteiger partial charge is 0.214 e. The van der Waals surface area contributed by atoms with Gasteiger partial charge in [0.25, 0.3) is 0 Å². The summed E-state index contributed by atoms with van der Waals surface area (Å²) in [5.74, 6) is 0.963. The molecule has 2 atom stereocenters. The van der Waals surface area contributed by atoms with Gasteiger partial charge in [-0.2, -0.15) is 0 Å². The Kier molecular flexibility index (Phi) is 6.75. The summed E-state index contributed by atoms with van der Waals surface area (Å²) < 4.78 is 38.8. The number of benzene rings is 2. The molecule has 0 unspecified atom stereocenters. The Morgan fingerprint density at radius 1 is 1.14 bits per heavy atom. The summed E-state index contributed by atoms with van der Waals surface area (Å²) in [5.41, 5.74) is 3.26. The van der Waals surface area contributed by atoms with Crippen molar-refractivity contribution in [2.45, 2.75) is 44.4 Å². The summed E-state index contributed by atoms with van der Waals surface area (Å²) in [4.78, 5) is 0. The van der Waals surface area contributed by atoms with Crippen LogP contribution in [0.15, 0.2) is 48.5 Å². The molecule has 6 heteroatoms. The second kappa shape index (κ2) is 9.07. The van der Waals surface area contributed by atoms with Gasteiger partial charge in [-0.1, -0.05) is 42.5 Å². The summed E-state index contributed by atoms with van der Waals surface area (Å²) in [6, 6.07) is 16.1. The van der Waals surface area contributed by atoms with Crippen molar-refractivity contribution >= 4 is 10.0 Å². The Bertz CT molecular complexity index is 878. The minimum absolute atomic E-state index is 0.0958. The van der Waals surface area contributed by atoms with Gasteiger partial charge in [-0.25, -0.2) is 13.1 Å². The SMILES string of the molecule is CCOc1ccccc1-c1ccc([C@@H]2CCOC[C@@H]2NS(=O)(=O)C(C)C)cc1. The molecule has 3 rings (SSSR count). The Morgan fingerprint density at radius 3 is 2.54 bits per heavy atom. The molecule has 2 aromatic rings. The van der Waals surface area contributed by atoms with Crippen LogP contribution in [0.5, 0.6) is 5.75 Å². The Balaban J connectivity index is 1.83. The van der Waals surface area contributed by atoms with E-state index in [4.69, 9.17) is 9.47 Å². The van der Waals surface area contributed by atoms with Gasteiger partial charge in [-0.3, -0.25) is 0 Å². The fourth-order valence-corrected chi connectivity index (χ4v) is 4.42. The number of sulfonamides is 1. The first-order valence-electron chi connectivity index (χ1n) is 9.83. The van der Waals surface area contributed by atoms with E-state index in [0.29, 0.717) is 19.8 Å². The van der Waals surface area contributed by atoms with E-state index in [1.165, 1.54) is 0 Å². The van der Waals surface area contributed by atoms with E-state index in [0.717, 1.165) is 28.9 Å². The van der Waals surface area contributed by atoms with Gasteiger partial charge in [0.15, 0.2) is 0 Å². The predicted molar refractivity (Wildman–Crippen MR) is 112 cm³/mol. The maximum atomic E-state index is 12.3. The molecular formula is C22H29NO4S. The van der Waals surface area contributed by atoms with E-state index in [9.17, 15) is 8.42 Å². The van der Waals surface area contributed by atoms with Gasteiger partial charge in [0.1, 0.15) is 5.75 Å². The monoisotopic (exact) mass is 403 g/mol. The van der Waals surface area contributed by atoms with Crippen molar-refractivity contribution < 1.29 is 17.9 Å². The number of rotatable bonds is 7. The van der Waals surface area contributed by atoms with Gasteiger partial charge >= 0.3 is 0 Å². The van der Waals surface area contributed by atoms with E-state index in [1.54, 1.807) is 13.8 Å². The molecule has 0 spiro atoms. The summed E-state index contributed by atoms with van der Waals surface area (Å²) in [6.45, 7) is 7.00. The molecule has 0 bridgehead atoms. The number of hydrogen-bond donors (Lipinski definition) is 1. The van der Waals surface area contributed by atoms with Crippen LogP contribution in [0.2, 0.25) is 0 Å². The molecule has 1 heterocycles. The zero-order valence-corrected chi connectivity index (χ0v) is 17.5. The lowest BCUT2D eigenvalue weighted by atomic mass is 9.87. The lowest BCUT2D eigenvalue weighted by Gasteiger charge is -2.33. The standard InChI is InChI=1S/C22H29NO4S/c1-4-27-22-8-6-5-7-20(22)18-11-9-17(10-12-18)19-13-14-26-15-21(19)23-28(24,25)16(2)3/h5-12,16,19,21,23H,4,13-15H2,1-3H3/t19-,21-/m0/s1. The molecule has 1 N–H and O–H groups in total. The van der Waals surface area contributed by atoms with Crippen LogP contribution < -0.4 is 9.46 Å². The molecule has 1 aliphatic heterocycles. The van der Waals surface area contributed by atoms with Crippen LogP contribution in [-0.2, 0) is 14.8 Å². The molecule has 0 amide bonds. The summed E-state index contributed by atoms with van der Waals surface area (Å²) >= 11 is 0. The van der Waals surface area contributed by atoms with E-state index in [-0.39, 0.29) is 12.0 Å². The van der Waals surface area contributed by atoms with Crippen molar-refractivity contribution in [1.82, 2.24) is 4.72 Å². The lowest BCUT2D eigenvalue weighted by Crippen LogP contribution is -2.47. The Hall–Kier alpha value is -1.89. The van der Waals surface area contributed by atoms with Gasteiger partial charge in [0, 0.05) is 18.1 Å². The van der Waals surface area contributed by atoms with Gasteiger partial charge < -0.3 is 9.47 Å². The van der Waals surface area contributed by atoms with E-state index in [2.05, 4.69) is 29.0 Å². The topological polar surface area (TPSA) is 64.6 Å². The zero-order valence-electron chi connectivity index (χ0n) is 16.7. The highest BCUT2D eigenvalue weighted by atomic mass is 32.2. The fraction of sp³-hybridized carbons (Fsp3) is 0.455. The maximum Gasteiger partial charge on any atom is 0.214 e. The van der Waals surface area contributed by atoms with E-state index >= 15 is 0 Å². The molecule has 0 aromatic heterocycles. The summed E-state index contributed by atoms with van der Waals surface area (Å²) in [7, 11) is -3.35. The van der Waals surface area contributed by atoms with Gasteiger partial charge in [-0.05, 0) is 44.4 Å². The maximum absolute atomic E-state index is 12.3. The Morgan fingerprint density at radius 2 is 1.86 bits per heavy atom. The molecular weight excluding hydrogens is 374 g/mol. The van der Waals surface area contributed by atoms with Crippen LogP contribution in [0.25, 0.3) is 11.1 Å². The third-order valence-electron chi connectivity index (χ3n) is 5.13. The molecule has 0 saturated carbocycles. The largest absolute Gasteiger partial charge is 0.493 e. The van der Waals surface area contributed by atoms with Crippen LogP contribution in [0.1, 0.15) is 38.7 Å². The lowest BCUT2D eigenvalue weighted by molar-refractivity contribution is 0.0644. The first kappa shape index (κ1) is 20.8. The highest BCUT2D eigenvalue weighted by Gasteiger charge is 2.31. The third-order valence-corrected chi connectivity index (χ3v) is 7.00. The molecule has 1 saturated heterocycles.